The third-order valence-electron chi connectivity index (χ3n) is 5.85. The number of carbonyl (C=O) groups excluding carboxylic acids is 1. The minimum absolute atomic E-state index is 0.123. The largest absolute Gasteiger partial charge is 0.480 e. The number of nitrogens with zero attached hydrogens (tertiary/aromatic N) is 1. The summed E-state index contributed by atoms with van der Waals surface area (Å²) >= 11 is 0. The summed E-state index contributed by atoms with van der Waals surface area (Å²) in [6.07, 6.45) is 3.31. The normalized spacial score (nSPS) is 48.2. The predicted molar refractivity (Wildman–Crippen MR) is 68.9 cm³/mol. The first kappa shape index (κ1) is 12.4. The van der Waals surface area contributed by atoms with E-state index in [0.717, 1.165) is 11.8 Å². The number of carboxylic acids is 1. The van der Waals surface area contributed by atoms with Crippen molar-refractivity contribution in [2.45, 2.75) is 43.9 Å². The van der Waals surface area contributed by atoms with Crippen LogP contribution in [0.4, 0.5) is 4.79 Å². The number of likely N-dealkylation sites (tertiary alicyclic amines) is 1. The van der Waals surface area contributed by atoms with Crippen molar-refractivity contribution in [1.82, 2.24) is 10.2 Å². The number of carboxylic acid groups (broad SMARTS) is 1. The van der Waals surface area contributed by atoms with Crippen LogP contribution in [-0.4, -0.2) is 51.8 Å². The average molecular weight is 280 g/mol. The number of fused-ring (bicyclic) bond motifs is 5. The van der Waals surface area contributed by atoms with Crippen molar-refractivity contribution in [2.24, 2.45) is 23.7 Å². The first-order valence-corrected chi connectivity index (χ1v) is 7.54. The molecule has 110 valence electrons. The van der Waals surface area contributed by atoms with Gasteiger partial charge >= 0.3 is 12.0 Å². The topological polar surface area (TPSA) is 89.9 Å². The Morgan fingerprint density at radius 3 is 2.35 bits per heavy atom. The molecule has 6 nitrogen and oxygen atoms in total. The minimum Gasteiger partial charge on any atom is -0.480 e. The molecule has 1 saturated heterocycles. The van der Waals surface area contributed by atoms with Crippen LogP contribution in [0.3, 0.4) is 0 Å². The molecule has 6 heteroatoms. The molecule has 4 unspecified atom stereocenters. The quantitative estimate of drug-likeness (QED) is 0.677. The lowest BCUT2D eigenvalue weighted by Crippen LogP contribution is -2.47. The Morgan fingerprint density at radius 2 is 1.75 bits per heavy atom. The molecular weight excluding hydrogens is 260 g/mol. The van der Waals surface area contributed by atoms with Gasteiger partial charge in [-0.25, -0.2) is 9.59 Å². The van der Waals surface area contributed by atoms with Crippen LogP contribution in [-0.2, 0) is 4.79 Å². The molecule has 20 heavy (non-hydrogen) atoms. The zero-order chi connectivity index (χ0) is 14.0. The van der Waals surface area contributed by atoms with Gasteiger partial charge in [0.2, 0.25) is 0 Å². The molecule has 0 aromatic heterocycles. The van der Waals surface area contributed by atoms with Gasteiger partial charge in [0, 0.05) is 19.0 Å². The number of nitrogens with one attached hydrogen (secondary N) is 1. The minimum atomic E-state index is -1.03. The molecule has 3 aliphatic carbocycles. The lowest BCUT2D eigenvalue weighted by atomic mass is 10.0. The highest BCUT2D eigenvalue weighted by Crippen LogP contribution is 2.65. The van der Waals surface area contributed by atoms with Gasteiger partial charge in [0.1, 0.15) is 6.04 Å². The van der Waals surface area contributed by atoms with Gasteiger partial charge in [-0.05, 0) is 42.9 Å². The number of aliphatic hydroxyl groups excluding tert-OH is 1. The summed E-state index contributed by atoms with van der Waals surface area (Å²) in [5, 5.41) is 21.7. The second-order valence-corrected chi connectivity index (χ2v) is 6.86. The fourth-order valence-electron chi connectivity index (χ4n) is 5.02. The Hall–Kier alpha value is -1.30. The summed E-state index contributed by atoms with van der Waals surface area (Å²) in [5.41, 5.74) is 0. The van der Waals surface area contributed by atoms with Gasteiger partial charge in [0.25, 0.3) is 0 Å². The summed E-state index contributed by atoms with van der Waals surface area (Å²) in [6, 6.07) is -0.950. The number of aliphatic carboxylic acids is 1. The van der Waals surface area contributed by atoms with Crippen LogP contribution in [0.2, 0.25) is 0 Å². The summed E-state index contributed by atoms with van der Waals surface area (Å²) in [5.74, 6) is 1.78. The zero-order valence-electron chi connectivity index (χ0n) is 11.2. The molecule has 4 aliphatic rings. The molecule has 1 aliphatic heterocycles. The van der Waals surface area contributed by atoms with Crippen molar-refractivity contribution in [2.75, 3.05) is 6.54 Å². The fraction of sp³-hybridized carbons (Fsp3) is 0.857. The van der Waals surface area contributed by atoms with E-state index < -0.39 is 18.1 Å². The van der Waals surface area contributed by atoms with Gasteiger partial charge < -0.3 is 20.4 Å². The highest BCUT2D eigenvalue weighted by atomic mass is 16.4. The smallest absolute Gasteiger partial charge is 0.326 e. The van der Waals surface area contributed by atoms with Crippen molar-refractivity contribution in [3.8, 4) is 0 Å². The Balaban J connectivity index is 1.40. The van der Waals surface area contributed by atoms with Gasteiger partial charge in [-0.15, -0.1) is 0 Å². The lowest BCUT2D eigenvalue weighted by Gasteiger charge is -2.22. The third kappa shape index (κ3) is 1.67. The molecule has 3 N–H and O–H groups in total. The molecule has 0 aromatic carbocycles. The second kappa shape index (κ2) is 4.10. The van der Waals surface area contributed by atoms with Crippen LogP contribution in [0.1, 0.15) is 25.7 Å². The van der Waals surface area contributed by atoms with Crippen LogP contribution >= 0.6 is 0 Å². The summed E-state index contributed by atoms with van der Waals surface area (Å²) in [4.78, 5) is 24.7. The highest BCUT2D eigenvalue weighted by Gasteiger charge is 2.65. The van der Waals surface area contributed by atoms with Gasteiger partial charge in [-0.1, -0.05) is 0 Å². The second-order valence-electron chi connectivity index (χ2n) is 6.86. The van der Waals surface area contributed by atoms with E-state index in [4.69, 9.17) is 5.11 Å². The van der Waals surface area contributed by atoms with E-state index in [-0.39, 0.29) is 25.0 Å². The van der Waals surface area contributed by atoms with Gasteiger partial charge in [-0.3, -0.25) is 0 Å². The monoisotopic (exact) mass is 280 g/mol. The van der Waals surface area contributed by atoms with Gasteiger partial charge in [0.05, 0.1) is 6.10 Å². The molecule has 2 amide bonds. The number of carbonyl (C=O) groups is 2. The van der Waals surface area contributed by atoms with Crippen LogP contribution < -0.4 is 5.32 Å². The summed E-state index contributed by atoms with van der Waals surface area (Å²) in [6.45, 7) is 0.123. The molecule has 0 spiro atoms. The zero-order valence-corrected chi connectivity index (χ0v) is 11.2. The van der Waals surface area contributed by atoms with Crippen LogP contribution in [0.25, 0.3) is 0 Å². The van der Waals surface area contributed by atoms with Crippen LogP contribution in [0, 0.1) is 23.7 Å². The van der Waals surface area contributed by atoms with Crippen LogP contribution in [0.5, 0.6) is 0 Å². The van der Waals surface area contributed by atoms with E-state index in [2.05, 4.69) is 5.32 Å². The Kier molecular flexibility index (Phi) is 2.55. The van der Waals surface area contributed by atoms with Crippen molar-refractivity contribution < 1.29 is 19.8 Å². The number of amides is 2. The molecular formula is C14H20N2O4. The molecule has 4 fully saturated rings. The van der Waals surface area contributed by atoms with Crippen molar-refractivity contribution in [3.63, 3.8) is 0 Å². The van der Waals surface area contributed by atoms with Gasteiger partial charge in [-0.2, -0.15) is 0 Å². The van der Waals surface area contributed by atoms with Crippen molar-refractivity contribution in [1.29, 1.82) is 0 Å². The third-order valence-corrected chi connectivity index (χ3v) is 5.85. The Labute approximate surface area is 117 Å². The molecule has 0 aromatic rings. The Bertz CT molecular complexity index is 452. The van der Waals surface area contributed by atoms with Crippen molar-refractivity contribution >= 4 is 12.0 Å². The first-order valence-electron chi connectivity index (χ1n) is 7.54. The molecule has 2 bridgehead atoms. The van der Waals surface area contributed by atoms with Crippen LogP contribution in [0.15, 0.2) is 0 Å². The molecule has 0 radical (unpaired) electrons. The van der Waals surface area contributed by atoms with Gasteiger partial charge in [0.15, 0.2) is 0 Å². The number of aliphatic hydroxyl groups is 1. The average Bonchev–Trinajstić information content (AvgIpc) is 2.81. The number of hydrogen-bond acceptors (Lipinski definition) is 3. The highest BCUT2D eigenvalue weighted by molar-refractivity contribution is 5.83. The Morgan fingerprint density at radius 1 is 1.10 bits per heavy atom. The van der Waals surface area contributed by atoms with E-state index >= 15 is 0 Å². The van der Waals surface area contributed by atoms with E-state index in [1.807, 2.05) is 0 Å². The molecule has 6 atom stereocenters. The number of hydrogen-bond donors (Lipinski definition) is 3. The molecule has 1 heterocycles. The van der Waals surface area contributed by atoms with E-state index in [1.165, 1.54) is 24.2 Å². The SMILES string of the molecule is O=C(O)[C@@H]1C[C@H](O)CN1C(=O)NC1C2C3CCC(C3)C12. The maximum absolute atomic E-state index is 12.3. The standard InChI is InChI=1S/C14H20N2O4/c17-8-4-9(13(18)19)16(5-8)14(20)15-12-10-6-1-2-7(3-6)11(10)12/h6-12,17H,1-5H2,(H,15,20)(H,18,19)/t6?,7?,8-,9-,10?,11?,12?/m0/s1. The lowest BCUT2D eigenvalue weighted by molar-refractivity contribution is -0.141. The van der Waals surface area contributed by atoms with E-state index in [1.54, 1.807) is 0 Å². The summed E-state index contributed by atoms with van der Waals surface area (Å²) in [7, 11) is 0. The maximum Gasteiger partial charge on any atom is 0.326 e. The van der Waals surface area contributed by atoms with Crippen molar-refractivity contribution in [3.05, 3.63) is 0 Å². The predicted octanol–water partition coefficient (Wildman–Crippen LogP) is 0.260. The summed E-state index contributed by atoms with van der Waals surface area (Å²) < 4.78 is 0. The van der Waals surface area contributed by atoms with E-state index in [9.17, 15) is 14.7 Å². The molecule has 4 rings (SSSR count). The van der Waals surface area contributed by atoms with E-state index in [0.29, 0.717) is 11.8 Å². The molecule has 3 saturated carbocycles. The number of rotatable bonds is 2. The number of urea groups is 1. The first-order chi connectivity index (χ1) is 9.56. The fourth-order valence-corrected chi connectivity index (χ4v) is 5.02. The number of β-amino-alcohol motifs (C(OH)–C–C–N with tert-alkyl or cyclic N) is 1. The maximum atomic E-state index is 12.3.